The van der Waals surface area contributed by atoms with Crippen molar-refractivity contribution >= 4 is 0 Å². The Hall–Kier alpha value is -1.97. The van der Waals surface area contributed by atoms with E-state index in [0.29, 0.717) is 18.1 Å². The van der Waals surface area contributed by atoms with Gasteiger partial charge in [0.25, 0.3) is 0 Å². The lowest BCUT2D eigenvalue weighted by Gasteiger charge is -2.28. The second-order valence-corrected chi connectivity index (χ2v) is 9.53. The maximum absolute atomic E-state index is 14.5. The van der Waals surface area contributed by atoms with Crippen LogP contribution in [0.1, 0.15) is 96.6 Å². The molecule has 3 nitrogen and oxygen atoms in total. The van der Waals surface area contributed by atoms with Gasteiger partial charge in [0, 0.05) is 5.56 Å². The van der Waals surface area contributed by atoms with Crippen LogP contribution in [0.3, 0.4) is 0 Å². The molecule has 176 valence electrons. The van der Waals surface area contributed by atoms with E-state index in [9.17, 15) is 4.39 Å². The van der Waals surface area contributed by atoms with Gasteiger partial charge in [0.15, 0.2) is 11.6 Å². The number of nitrogens with zero attached hydrogens (tertiary/aromatic N) is 2. The van der Waals surface area contributed by atoms with Crippen LogP contribution >= 0.6 is 0 Å². The molecule has 1 aliphatic carbocycles. The summed E-state index contributed by atoms with van der Waals surface area (Å²) < 4.78 is 20.1. The van der Waals surface area contributed by atoms with E-state index in [1.807, 2.05) is 18.2 Å². The van der Waals surface area contributed by atoms with E-state index < -0.39 is 0 Å². The van der Waals surface area contributed by atoms with Crippen molar-refractivity contribution in [1.29, 1.82) is 0 Å². The van der Waals surface area contributed by atoms with E-state index in [1.54, 1.807) is 6.07 Å². The van der Waals surface area contributed by atoms with Gasteiger partial charge in [0.2, 0.25) is 0 Å². The number of benzene rings is 1. The summed E-state index contributed by atoms with van der Waals surface area (Å²) >= 11 is 0. The smallest absolute Gasteiger partial charge is 0.165 e. The summed E-state index contributed by atoms with van der Waals surface area (Å²) in [6.45, 7) is 5.06. The largest absolute Gasteiger partial charge is 0.491 e. The van der Waals surface area contributed by atoms with Gasteiger partial charge in [-0.05, 0) is 61.4 Å². The van der Waals surface area contributed by atoms with Gasteiger partial charge in [-0.2, -0.15) is 10.2 Å². The predicted molar refractivity (Wildman–Crippen MR) is 130 cm³/mol. The molecule has 0 atom stereocenters. The molecule has 0 radical (unpaired) electrons. The molecule has 0 amide bonds. The zero-order chi connectivity index (χ0) is 22.6. The van der Waals surface area contributed by atoms with E-state index >= 15 is 0 Å². The minimum absolute atomic E-state index is 0.322. The fraction of sp³-hybridized carbons (Fsp3) is 0.643. The summed E-state index contributed by atoms with van der Waals surface area (Å²) in [7, 11) is 0. The fourth-order valence-corrected chi connectivity index (χ4v) is 4.88. The minimum Gasteiger partial charge on any atom is -0.491 e. The third-order valence-electron chi connectivity index (χ3n) is 6.92. The molecule has 0 bridgehead atoms. The standard InChI is InChI=1S/C28H41FN2O/c1-3-5-6-7-8-20-32-28-19-15-24(21-26(28)29)27-18-17-25(30-31-27)16-14-23-12-10-22(9-4-2)11-13-23/h15,17-19,21-23H,3-14,16,20H2,1-2H3. The average molecular weight is 441 g/mol. The van der Waals surface area contributed by atoms with Gasteiger partial charge in [0.1, 0.15) is 0 Å². The number of halogens is 1. The minimum atomic E-state index is -0.333. The van der Waals surface area contributed by atoms with Crippen molar-refractivity contribution in [3.8, 4) is 17.0 Å². The molecule has 1 aromatic heterocycles. The van der Waals surface area contributed by atoms with Crippen molar-refractivity contribution in [2.24, 2.45) is 11.8 Å². The molecule has 3 rings (SSSR count). The average Bonchev–Trinajstić information content (AvgIpc) is 2.82. The first-order chi connectivity index (χ1) is 15.7. The maximum Gasteiger partial charge on any atom is 0.165 e. The number of rotatable bonds is 13. The molecule has 1 saturated carbocycles. The second-order valence-electron chi connectivity index (χ2n) is 9.53. The Morgan fingerprint density at radius 1 is 0.844 bits per heavy atom. The highest BCUT2D eigenvalue weighted by Crippen LogP contribution is 2.33. The third-order valence-corrected chi connectivity index (χ3v) is 6.92. The molecule has 0 N–H and O–H groups in total. The van der Waals surface area contributed by atoms with Gasteiger partial charge in [-0.1, -0.05) is 78.1 Å². The van der Waals surface area contributed by atoms with E-state index in [1.165, 1.54) is 70.3 Å². The molecule has 32 heavy (non-hydrogen) atoms. The zero-order valence-corrected chi connectivity index (χ0v) is 20.1. The zero-order valence-electron chi connectivity index (χ0n) is 20.1. The Bertz CT molecular complexity index is 785. The third kappa shape index (κ3) is 7.86. The van der Waals surface area contributed by atoms with Crippen molar-refractivity contribution in [2.75, 3.05) is 6.61 Å². The summed E-state index contributed by atoms with van der Waals surface area (Å²) in [5.41, 5.74) is 2.48. The van der Waals surface area contributed by atoms with Gasteiger partial charge in [-0.25, -0.2) is 4.39 Å². The van der Waals surface area contributed by atoms with Crippen LogP contribution in [-0.2, 0) is 6.42 Å². The Morgan fingerprint density at radius 2 is 1.59 bits per heavy atom. The van der Waals surface area contributed by atoms with Crippen molar-refractivity contribution in [2.45, 2.75) is 97.3 Å². The first-order valence-corrected chi connectivity index (χ1v) is 12.9. The van der Waals surface area contributed by atoms with Gasteiger partial charge >= 0.3 is 0 Å². The van der Waals surface area contributed by atoms with Crippen LogP contribution in [0.25, 0.3) is 11.3 Å². The molecular formula is C28H41FN2O. The monoisotopic (exact) mass is 440 g/mol. The SMILES string of the molecule is CCCCCCCOc1ccc(-c2ccc(CCC3CCC(CCC)CC3)nn2)cc1F. The van der Waals surface area contributed by atoms with Crippen molar-refractivity contribution in [1.82, 2.24) is 10.2 Å². The van der Waals surface area contributed by atoms with Gasteiger partial charge in [-0.15, -0.1) is 0 Å². The van der Waals surface area contributed by atoms with Crippen LogP contribution in [0.5, 0.6) is 5.75 Å². The van der Waals surface area contributed by atoms with Crippen LogP contribution in [0.15, 0.2) is 30.3 Å². The maximum atomic E-state index is 14.5. The lowest BCUT2D eigenvalue weighted by molar-refractivity contribution is 0.252. The molecular weight excluding hydrogens is 399 g/mol. The molecule has 0 unspecified atom stereocenters. The van der Waals surface area contributed by atoms with Crippen LogP contribution in [-0.4, -0.2) is 16.8 Å². The highest BCUT2D eigenvalue weighted by molar-refractivity contribution is 5.59. The van der Waals surface area contributed by atoms with E-state index in [-0.39, 0.29) is 5.82 Å². The summed E-state index contributed by atoms with van der Waals surface area (Å²) in [6.07, 6.45) is 16.2. The summed E-state index contributed by atoms with van der Waals surface area (Å²) in [6, 6.07) is 9.09. The molecule has 1 aliphatic rings. The number of hydrogen-bond acceptors (Lipinski definition) is 3. The Kier molecular flexibility index (Phi) is 10.4. The van der Waals surface area contributed by atoms with Gasteiger partial charge < -0.3 is 4.74 Å². The molecule has 0 aliphatic heterocycles. The molecule has 2 aromatic rings. The molecule has 4 heteroatoms. The number of unbranched alkanes of at least 4 members (excludes halogenated alkanes) is 4. The Morgan fingerprint density at radius 3 is 2.25 bits per heavy atom. The molecule has 1 heterocycles. The lowest BCUT2D eigenvalue weighted by atomic mass is 9.78. The molecule has 0 saturated heterocycles. The van der Waals surface area contributed by atoms with Crippen LogP contribution in [0, 0.1) is 17.7 Å². The topological polar surface area (TPSA) is 35.0 Å². The normalized spacial score (nSPS) is 18.6. The Balaban J connectivity index is 1.44. The van der Waals surface area contributed by atoms with Crippen molar-refractivity contribution < 1.29 is 9.13 Å². The van der Waals surface area contributed by atoms with E-state index in [2.05, 4.69) is 24.0 Å². The van der Waals surface area contributed by atoms with Crippen molar-refractivity contribution in [3.05, 3.63) is 41.8 Å². The second kappa shape index (κ2) is 13.5. The molecule has 1 aromatic carbocycles. The van der Waals surface area contributed by atoms with Crippen molar-refractivity contribution in [3.63, 3.8) is 0 Å². The first-order valence-electron chi connectivity index (χ1n) is 12.9. The van der Waals surface area contributed by atoms with Crippen LogP contribution in [0.4, 0.5) is 4.39 Å². The quantitative estimate of drug-likeness (QED) is 0.295. The lowest BCUT2D eigenvalue weighted by Crippen LogP contribution is -2.15. The summed E-state index contributed by atoms with van der Waals surface area (Å²) in [5, 5.41) is 8.78. The highest BCUT2D eigenvalue weighted by Gasteiger charge is 2.20. The Labute approximate surface area is 194 Å². The first kappa shape index (κ1) is 24.7. The number of aromatic nitrogens is 2. The van der Waals surface area contributed by atoms with Crippen LogP contribution in [0.2, 0.25) is 0 Å². The summed E-state index contributed by atoms with van der Waals surface area (Å²) in [4.78, 5) is 0. The number of ether oxygens (including phenoxy) is 1. The number of hydrogen-bond donors (Lipinski definition) is 0. The van der Waals surface area contributed by atoms with E-state index in [0.717, 1.165) is 42.4 Å². The number of aryl methyl sites for hydroxylation is 1. The van der Waals surface area contributed by atoms with Gasteiger partial charge in [0.05, 0.1) is 18.0 Å². The predicted octanol–water partition coefficient (Wildman–Crippen LogP) is 8.17. The summed E-state index contributed by atoms with van der Waals surface area (Å²) in [5.74, 6) is 1.78. The highest BCUT2D eigenvalue weighted by atomic mass is 19.1. The molecule has 1 fully saturated rings. The van der Waals surface area contributed by atoms with E-state index in [4.69, 9.17) is 4.74 Å². The fourth-order valence-electron chi connectivity index (χ4n) is 4.88. The van der Waals surface area contributed by atoms with Gasteiger partial charge in [-0.3, -0.25) is 0 Å². The molecule has 0 spiro atoms. The van der Waals surface area contributed by atoms with Crippen LogP contribution < -0.4 is 4.74 Å².